The van der Waals surface area contributed by atoms with E-state index in [9.17, 15) is 4.79 Å². The Morgan fingerprint density at radius 3 is 2.20 bits per heavy atom. The molecule has 0 spiro atoms. The minimum absolute atomic E-state index is 0.343. The first-order valence-corrected chi connectivity index (χ1v) is 9.00. The van der Waals surface area contributed by atoms with Crippen molar-refractivity contribution in [3.8, 4) is 0 Å². The number of carbonyl (C=O) groups excluding carboxylic acids is 1. The van der Waals surface area contributed by atoms with Crippen LogP contribution in [-0.2, 0) is 4.79 Å². The smallest absolute Gasteiger partial charge is 0.155 e. The molecule has 0 heterocycles. The molecule has 0 radical (unpaired) electrons. The third kappa shape index (κ3) is 2.41. The molecule has 1 unspecified atom stereocenters. The van der Waals surface area contributed by atoms with Gasteiger partial charge in [0.05, 0.1) is 8.07 Å². The van der Waals surface area contributed by atoms with Crippen LogP contribution in [0.15, 0.2) is 11.6 Å². The van der Waals surface area contributed by atoms with Crippen LogP contribution in [0, 0.1) is 0 Å². The van der Waals surface area contributed by atoms with Crippen LogP contribution in [0.2, 0.25) is 23.7 Å². The first-order valence-electron chi connectivity index (χ1n) is 6.30. The summed E-state index contributed by atoms with van der Waals surface area (Å²) >= 11 is 0. The van der Waals surface area contributed by atoms with E-state index in [1.54, 1.807) is 0 Å². The van der Waals surface area contributed by atoms with E-state index in [-0.39, 0.29) is 0 Å². The first kappa shape index (κ1) is 12.7. The number of carbonyl (C=O) groups is 1. The second-order valence-electron chi connectivity index (χ2n) is 4.87. The minimum atomic E-state index is -1.13. The number of hydrogen-bond donors (Lipinski definition) is 0. The van der Waals surface area contributed by atoms with Gasteiger partial charge in [0, 0.05) is 6.42 Å². The fourth-order valence-corrected chi connectivity index (χ4v) is 8.00. The second kappa shape index (κ2) is 5.11. The molecule has 0 aromatic carbocycles. The van der Waals surface area contributed by atoms with Crippen molar-refractivity contribution in [2.24, 2.45) is 0 Å². The zero-order valence-corrected chi connectivity index (χ0v) is 11.6. The molecule has 0 aromatic rings. The highest BCUT2D eigenvalue weighted by Gasteiger charge is 2.38. The molecule has 2 heteroatoms. The SMILES string of the molecule is CC[Si](CC)(CC)C1CCC(=O)C=C1C. The molecule has 1 aliphatic rings. The number of ketones is 1. The third-order valence-corrected chi connectivity index (χ3v) is 10.9. The Morgan fingerprint density at radius 2 is 1.80 bits per heavy atom. The van der Waals surface area contributed by atoms with Gasteiger partial charge in [-0.25, -0.2) is 0 Å². The molecule has 15 heavy (non-hydrogen) atoms. The van der Waals surface area contributed by atoms with Gasteiger partial charge in [-0.05, 0) is 25.0 Å². The van der Waals surface area contributed by atoms with Crippen molar-refractivity contribution >= 4 is 13.9 Å². The van der Waals surface area contributed by atoms with E-state index in [1.165, 1.54) is 23.7 Å². The molecule has 0 N–H and O–H groups in total. The Labute approximate surface area is 95.0 Å². The highest BCUT2D eigenvalue weighted by molar-refractivity contribution is 6.81. The Bertz CT molecular complexity index is 255. The molecule has 0 bridgehead atoms. The topological polar surface area (TPSA) is 17.1 Å². The average Bonchev–Trinajstić information content (AvgIpc) is 2.23. The van der Waals surface area contributed by atoms with Gasteiger partial charge < -0.3 is 0 Å². The van der Waals surface area contributed by atoms with Gasteiger partial charge in [-0.1, -0.05) is 44.5 Å². The molecular weight excluding hydrogens is 200 g/mol. The van der Waals surface area contributed by atoms with E-state index >= 15 is 0 Å². The van der Waals surface area contributed by atoms with E-state index in [0.717, 1.165) is 18.4 Å². The van der Waals surface area contributed by atoms with Crippen molar-refractivity contribution in [3.05, 3.63) is 11.6 Å². The molecule has 1 nitrogen and oxygen atoms in total. The van der Waals surface area contributed by atoms with E-state index < -0.39 is 8.07 Å². The first-order chi connectivity index (χ1) is 7.09. The van der Waals surface area contributed by atoms with Crippen molar-refractivity contribution in [1.29, 1.82) is 0 Å². The molecule has 0 amide bonds. The fraction of sp³-hybridized carbons (Fsp3) is 0.769. The fourth-order valence-electron chi connectivity index (χ4n) is 3.22. The van der Waals surface area contributed by atoms with E-state index in [2.05, 4.69) is 27.7 Å². The molecule has 0 aromatic heterocycles. The molecule has 0 saturated heterocycles. The minimum Gasteiger partial charge on any atom is -0.295 e. The molecule has 1 rings (SSSR count). The monoisotopic (exact) mass is 224 g/mol. The highest BCUT2D eigenvalue weighted by atomic mass is 28.3. The van der Waals surface area contributed by atoms with Crippen molar-refractivity contribution in [3.63, 3.8) is 0 Å². The van der Waals surface area contributed by atoms with Crippen molar-refractivity contribution in [2.75, 3.05) is 0 Å². The predicted octanol–water partition coefficient (Wildman–Crippen LogP) is 4.17. The summed E-state index contributed by atoms with van der Waals surface area (Å²) in [5.41, 5.74) is 2.15. The van der Waals surface area contributed by atoms with Crippen LogP contribution in [-0.4, -0.2) is 13.9 Å². The summed E-state index contributed by atoms with van der Waals surface area (Å²) in [5, 5.41) is 0. The summed E-state index contributed by atoms with van der Waals surface area (Å²) in [7, 11) is -1.13. The summed E-state index contributed by atoms with van der Waals surface area (Å²) in [6, 6.07) is 4.10. The normalized spacial score (nSPS) is 22.8. The molecule has 0 aliphatic heterocycles. The highest BCUT2D eigenvalue weighted by Crippen LogP contribution is 2.43. The zero-order chi connectivity index (χ0) is 11.5. The maximum absolute atomic E-state index is 11.4. The van der Waals surface area contributed by atoms with Gasteiger partial charge in [-0.2, -0.15) is 0 Å². The van der Waals surface area contributed by atoms with Gasteiger partial charge in [0.2, 0.25) is 0 Å². The van der Waals surface area contributed by atoms with Gasteiger partial charge in [-0.15, -0.1) is 0 Å². The quantitative estimate of drug-likeness (QED) is 0.655. The number of allylic oxidation sites excluding steroid dienone is 2. The average molecular weight is 224 g/mol. The van der Waals surface area contributed by atoms with Crippen LogP contribution in [0.4, 0.5) is 0 Å². The van der Waals surface area contributed by atoms with Crippen molar-refractivity contribution in [1.82, 2.24) is 0 Å². The van der Waals surface area contributed by atoms with Gasteiger partial charge in [0.15, 0.2) is 5.78 Å². The standard InChI is InChI=1S/C13H24OSi/c1-5-15(6-2,7-3)13-9-8-12(14)10-11(13)4/h10,13H,5-9H2,1-4H3. The van der Waals surface area contributed by atoms with Crippen molar-refractivity contribution in [2.45, 2.75) is 64.2 Å². The Balaban J connectivity index is 2.95. The van der Waals surface area contributed by atoms with Crippen LogP contribution in [0.1, 0.15) is 40.5 Å². The predicted molar refractivity (Wildman–Crippen MR) is 68.9 cm³/mol. The molecular formula is C13H24OSi. The van der Waals surface area contributed by atoms with Gasteiger partial charge in [0.1, 0.15) is 0 Å². The molecule has 1 atom stereocenters. The van der Waals surface area contributed by atoms with E-state index in [4.69, 9.17) is 0 Å². The summed E-state index contributed by atoms with van der Waals surface area (Å²) in [4.78, 5) is 11.4. The Kier molecular flexibility index (Phi) is 4.32. The lowest BCUT2D eigenvalue weighted by molar-refractivity contribution is -0.115. The van der Waals surface area contributed by atoms with Gasteiger partial charge in [-0.3, -0.25) is 4.79 Å². The molecule has 0 saturated carbocycles. The zero-order valence-electron chi connectivity index (χ0n) is 10.6. The van der Waals surface area contributed by atoms with Crippen LogP contribution >= 0.6 is 0 Å². The van der Waals surface area contributed by atoms with Gasteiger partial charge >= 0.3 is 0 Å². The van der Waals surface area contributed by atoms with Crippen LogP contribution < -0.4 is 0 Å². The van der Waals surface area contributed by atoms with E-state index in [0.29, 0.717) is 5.78 Å². The van der Waals surface area contributed by atoms with Crippen LogP contribution in [0.3, 0.4) is 0 Å². The molecule has 86 valence electrons. The Hall–Kier alpha value is -0.373. The second-order valence-corrected chi connectivity index (χ2v) is 10.4. The Morgan fingerprint density at radius 1 is 1.27 bits per heavy atom. The maximum Gasteiger partial charge on any atom is 0.155 e. The number of hydrogen-bond acceptors (Lipinski definition) is 1. The molecule has 1 aliphatic carbocycles. The van der Waals surface area contributed by atoms with Crippen LogP contribution in [0.25, 0.3) is 0 Å². The summed E-state index contributed by atoms with van der Waals surface area (Å²) in [5.74, 6) is 0.343. The largest absolute Gasteiger partial charge is 0.295 e. The summed E-state index contributed by atoms with van der Waals surface area (Å²) in [6.07, 6.45) is 3.83. The van der Waals surface area contributed by atoms with E-state index in [1.807, 2.05) is 6.08 Å². The summed E-state index contributed by atoms with van der Waals surface area (Å²) in [6.45, 7) is 9.22. The lowest BCUT2D eigenvalue weighted by atomic mass is 9.99. The third-order valence-electron chi connectivity index (χ3n) is 4.47. The number of rotatable bonds is 4. The lowest BCUT2D eigenvalue weighted by Crippen LogP contribution is -2.39. The summed E-state index contributed by atoms with van der Waals surface area (Å²) < 4.78 is 0. The molecule has 0 fully saturated rings. The lowest BCUT2D eigenvalue weighted by Gasteiger charge is -2.39. The van der Waals surface area contributed by atoms with Crippen molar-refractivity contribution < 1.29 is 4.79 Å². The maximum atomic E-state index is 11.4. The van der Waals surface area contributed by atoms with Crippen LogP contribution in [0.5, 0.6) is 0 Å². The van der Waals surface area contributed by atoms with Gasteiger partial charge in [0.25, 0.3) is 0 Å².